The Labute approximate surface area is 169 Å². The van der Waals surface area contributed by atoms with Gasteiger partial charge in [-0.2, -0.15) is 0 Å². The van der Waals surface area contributed by atoms with E-state index in [9.17, 15) is 18.0 Å². The molecule has 1 aliphatic heterocycles. The number of rotatable bonds is 5. The normalized spacial score (nSPS) is 19.0. The maximum atomic E-state index is 12.5. The Balaban J connectivity index is 1.46. The lowest BCUT2D eigenvalue weighted by molar-refractivity contribution is -0.132. The Morgan fingerprint density at radius 1 is 1.28 bits per heavy atom. The van der Waals surface area contributed by atoms with Crippen LogP contribution in [-0.2, 0) is 27.5 Å². The van der Waals surface area contributed by atoms with Gasteiger partial charge < -0.3 is 14.1 Å². The topological polar surface area (TPSA) is 93.9 Å². The number of sulfone groups is 1. The summed E-state index contributed by atoms with van der Waals surface area (Å²) in [5, 5.41) is 0.941. The Hall–Kier alpha value is -2.35. The summed E-state index contributed by atoms with van der Waals surface area (Å²) < 4.78 is 34.2. The van der Waals surface area contributed by atoms with Crippen LogP contribution in [0.25, 0.3) is 11.0 Å². The lowest BCUT2D eigenvalue weighted by Crippen LogP contribution is -2.33. The number of carbonyl (C=O) groups excluding carboxylic acids is 1. The summed E-state index contributed by atoms with van der Waals surface area (Å²) in [6, 6.07) is 3.72. The van der Waals surface area contributed by atoms with Gasteiger partial charge in [-0.3, -0.25) is 4.79 Å². The second kappa shape index (κ2) is 7.48. The van der Waals surface area contributed by atoms with Gasteiger partial charge in [0.05, 0.1) is 5.75 Å². The van der Waals surface area contributed by atoms with Crippen LogP contribution in [0, 0.1) is 12.8 Å². The standard InChI is InChI=1S/C21H25NO6S/c1-13-18(7-6-16-15-4-3-5-17(15)21(24)28-20(13)16)27-11-19(23)22-9-8-14(10-22)12-29(2,25)26/h6-7,14H,3-5,8-12H2,1-2H3. The van der Waals surface area contributed by atoms with Crippen LogP contribution in [0.1, 0.15) is 29.5 Å². The zero-order valence-corrected chi connectivity index (χ0v) is 17.5. The van der Waals surface area contributed by atoms with E-state index in [2.05, 4.69) is 0 Å². The molecule has 2 aliphatic rings. The predicted molar refractivity (Wildman–Crippen MR) is 109 cm³/mol. The van der Waals surface area contributed by atoms with E-state index in [4.69, 9.17) is 9.15 Å². The molecule has 2 aromatic rings. The second-order valence-corrected chi connectivity index (χ2v) is 10.3. The number of hydrogen-bond donors (Lipinski definition) is 0. The van der Waals surface area contributed by atoms with E-state index in [-0.39, 0.29) is 29.8 Å². The van der Waals surface area contributed by atoms with Gasteiger partial charge in [-0.25, -0.2) is 13.2 Å². The molecular formula is C21H25NO6S. The van der Waals surface area contributed by atoms with Gasteiger partial charge in [0.1, 0.15) is 21.2 Å². The first-order valence-corrected chi connectivity index (χ1v) is 12.0. The number of aryl methyl sites for hydroxylation is 2. The van der Waals surface area contributed by atoms with Crippen LogP contribution in [0.4, 0.5) is 0 Å². The first-order valence-electron chi connectivity index (χ1n) is 9.89. The van der Waals surface area contributed by atoms with Crippen molar-refractivity contribution in [1.82, 2.24) is 4.90 Å². The van der Waals surface area contributed by atoms with Crippen LogP contribution < -0.4 is 10.4 Å². The smallest absolute Gasteiger partial charge is 0.339 e. The van der Waals surface area contributed by atoms with Crippen LogP contribution >= 0.6 is 0 Å². The van der Waals surface area contributed by atoms with Crippen LogP contribution in [0.2, 0.25) is 0 Å². The molecule has 4 rings (SSSR count). The fourth-order valence-corrected chi connectivity index (χ4v) is 5.60. The fourth-order valence-electron chi connectivity index (χ4n) is 4.47. The summed E-state index contributed by atoms with van der Waals surface area (Å²) in [4.78, 5) is 26.4. The Morgan fingerprint density at radius 3 is 2.79 bits per heavy atom. The van der Waals surface area contributed by atoms with Crippen molar-refractivity contribution in [3.05, 3.63) is 39.2 Å². The number of carbonyl (C=O) groups is 1. The van der Waals surface area contributed by atoms with Crippen LogP contribution in [0.15, 0.2) is 21.3 Å². The van der Waals surface area contributed by atoms with Gasteiger partial charge >= 0.3 is 5.63 Å². The number of fused-ring (bicyclic) bond motifs is 3. The van der Waals surface area contributed by atoms with E-state index in [0.717, 1.165) is 35.8 Å². The third-order valence-electron chi connectivity index (χ3n) is 5.87. The molecule has 1 saturated heterocycles. The van der Waals surface area contributed by atoms with Crippen molar-refractivity contribution in [3.63, 3.8) is 0 Å². The molecule has 1 unspecified atom stereocenters. The molecule has 0 saturated carbocycles. The number of hydrogen-bond acceptors (Lipinski definition) is 6. The molecule has 8 heteroatoms. The molecule has 1 aromatic carbocycles. The van der Waals surface area contributed by atoms with Crippen molar-refractivity contribution >= 4 is 26.7 Å². The van der Waals surface area contributed by atoms with E-state index < -0.39 is 9.84 Å². The third-order valence-corrected chi connectivity index (χ3v) is 6.95. The van der Waals surface area contributed by atoms with E-state index in [1.54, 1.807) is 4.90 Å². The quantitative estimate of drug-likeness (QED) is 0.687. The molecular weight excluding hydrogens is 394 g/mol. The summed E-state index contributed by atoms with van der Waals surface area (Å²) in [6.07, 6.45) is 4.50. The molecule has 2 heterocycles. The number of ether oxygens (including phenoxy) is 1. The van der Waals surface area contributed by atoms with Crippen LogP contribution in [-0.4, -0.2) is 50.9 Å². The first-order chi connectivity index (χ1) is 13.7. The molecule has 0 bridgehead atoms. The van der Waals surface area contributed by atoms with Gasteiger partial charge in [-0.05, 0) is 56.2 Å². The summed E-state index contributed by atoms with van der Waals surface area (Å²) >= 11 is 0. The predicted octanol–water partition coefficient (Wildman–Crippen LogP) is 1.86. The Morgan fingerprint density at radius 2 is 2.03 bits per heavy atom. The monoisotopic (exact) mass is 419 g/mol. The molecule has 156 valence electrons. The van der Waals surface area contributed by atoms with Gasteiger partial charge in [0.15, 0.2) is 6.61 Å². The molecule has 1 aromatic heterocycles. The van der Waals surface area contributed by atoms with Gasteiger partial charge in [-0.15, -0.1) is 0 Å². The fraction of sp³-hybridized carbons (Fsp3) is 0.524. The minimum atomic E-state index is -3.05. The lowest BCUT2D eigenvalue weighted by Gasteiger charge is -2.18. The van der Waals surface area contributed by atoms with E-state index >= 15 is 0 Å². The van der Waals surface area contributed by atoms with Gasteiger partial charge in [0.25, 0.3) is 5.91 Å². The van der Waals surface area contributed by atoms with Crippen molar-refractivity contribution in [1.29, 1.82) is 0 Å². The highest BCUT2D eigenvalue weighted by atomic mass is 32.2. The third kappa shape index (κ3) is 4.03. The average molecular weight is 419 g/mol. The summed E-state index contributed by atoms with van der Waals surface area (Å²) in [6.45, 7) is 2.67. The molecule has 7 nitrogen and oxygen atoms in total. The number of likely N-dealkylation sites (tertiary alicyclic amines) is 1. The minimum Gasteiger partial charge on any atom is -0.483 e. The maximum Gasteiger partial charge on any atom is 0.339 e. The highest BCUT2D eigenvalue weighted by Gasteiger charge is 2.29. The van der Waals surface area contributed by atoms with Crippen LogP contribution in [0.5, 0.6) is 5.75 Å². The molecule has 1 amide bonds. The van der Waals surface area contributed by atoms with Gasteiger partial charge in [-0.1, -0.05) is 0 Å². The van der Waals surface area contributed by atoms with E-state index in [0.29, 0.717) is 36.4 Å². The van der Waals surface area contributed by atoms with Crippen molar-refractivity contribution in [2.45, 2.75) is 32.6 Å². The summed E-state index contributed by atoms with van der Waals surface area (Å²) in [5.41, 5.74) is 2.79. The average Bonchev–Trinajstić information content (AvgIpc) is 3.30. The van der Waals surface area contributed by atoms with Gasteiger partial charge in [0, 0.05) is 35.9 Å². The minimum absolute atomic E-state index is 0.0206. The van der Waals surface area contributed by atoms with Crippen molar-refractivity contribution in [3.8, 4) is 5.75 Å². The molecule has 1 fully saturated rings. The van der Waals surface area contributed by atoms with E-state index in [1.807, 2.05) is 19.1 Å². The van der Waals surface area contributed by atoms with Crippen LogP contribution in [0.3, 0.4) is 0 Å². The summed E-state index contributed by atoms with van der Waals surface area (Å²) in [7, 11) is -3.05. The maximum absolute atomic E-state index is 12.5. The molecule has 29 heavy (non-hydrogen) atoms. The zero-order chi connectivity index (χ0) is 20.8. The summed E-state index contributed by atoms with van der Waals surface area (Å²) in [5.74, 6) is 0.424. The van der Waals surface area contributed by atoms with Crippen molar-refractivity contribution in [2.75, 3.05) is 31.7 Å². The van der Waals surface area contributed by atoms with E-state index in [1.165, 1.54) is 6.26 Å². The van der Waals surface area contributed by atoms with Crippen molar-refractivity contribution < 1.29 is 22.4 Å². The van der Waals surface area contributed by atoms with Gasteiger partial charge in [0.2, 0.25) is 0 Å². The SMILES string of the molecule is Cc1c(OCC(=O)N2CCC(CS(C)(=O)=O)C2)ccc2c3c(c(=O)oc12)CCC3. The molecule has 1 atom stereocenters. The number of amides is 1. The largest absolute Gasteiger partial charge is 0.483 e. The first kappa shape index (κ1) is 19.9. The molecule has 1 aliphatic carbocycles. The lowest BCUT2D eigenvalue weighted by atomic mass is 10.0. The molecule has 0 N–H and O–H groups in total. The number of benzene rings is 1. The Bertz CT molecular complexity index is 1130. The molecule has 0 radical (unpaired) electrons. The Kier molecular flexibility index (Phi) is 5.14. The highest BCUT2D eigenvalue weighted by Crippen LogP contribution is 2.33. The number of nitrogens with zero attached hydrogens (tertiary/aromatic N) is 1. The second-order valence-electron chi connectivity index (χ2n) is 8.14. The highest BCUT2D eigenvalue weighted by molar-refractivity contribution is 7.90. The van der Waals surface area contributed by atoms with Crippen molar-refractivity contribution in [2.24, 2.45) is 5.92 Å². The molecule has 0 spiro atoms. The zero-order valence-electron chi connectivity index (χ0n) is 16.7.